The summed E-state index contributed by atoms with van der Waals surface area (Å²) in [6.07, 6.45) is 0. The van der Waals surface area contributed by atoms with Gasteiger partial charge in [-0.1, -0.05) is 17.7 Å². The first kappa shape index (κ1) is 16.9. The fourth-order valence-electron chi connectivity index (χ4n) is 2.20. The first-order valence-corrected chi connectivity index (χ1v) is 7.65. The first-order valence-electron chi connectivity index (χ1n) is 7.27. The molecule has 0 saturated carbocycles. The fourth-order valence-corrected chi connectivity index (χ4v) is 2.46. The highest BCUT2D eigenvalue weighted by Gasteiger charge is 2.21. The number of hydrogen-bond acceptors (Lipinski definition) is 6. The number of methoxy groups -OCH3 is 1. The monoisotopic (exact) mass is 363 g/mol. The van der Waals surface area contributed by atoms with Crippen LogP contribution in [0.2, 0.25) is 5.02 Å². The Bertz CT molecular complexity index is 823. The van der Waals surface area contributed by atoms with Crippen molar-refractivity contribution in [3.05, 3.63) is 47.0 Å². The van der Waals surface area contributed by atoms with Crippen molar-refractivity contribution in [2.24, 2.45) is 0 Å². The molecule has 1 N–H and O–H groups in total. The molecule has 25 heavy (non-hydrogen) atoms. The van der Waals surface area contributed by atoms with Gasteiger partial charge >= 0.3 is 5.97 Å². The van der Waals surface area contributed by atoms with Crippen LogP contribution in [0.3, 0.4) is 0 Å². The van der Waals surface area contributed by atoms with Crippen molar-refractivity contribution in [1.29, 1.82) is 0 Å². The summed E-state index contributed by atoms with van der Waals surface area (Å²) >= 11 is 6.01. The highest BCUT2D eigenvalue weighted by molar-refractivity contribution is 6.32. The number of fused-ring (bicyclic) bond motifs is 1. The summed E-state index contributed by atoms with van der Waals surface area (Å²) in [6.45, 7) is -0.404. The molecule has 0 aliphatic carbocycles. The zero-order valence-corrected chi connectivity index (χ0v) is 14.0. The Morgan fingerprint density at radius 1 is 1.24 bits per heavy atom. The second kappa shape index (κ2) is 7.31. The lowest BCUT2D eigenvalue weighted by molar-refractivity contribution is -0.119. The Hall–Kier alpha value is -2.93. The fraction of sp³-hybridized carbons (Fsp3) is 0.176. The van der Waals surface area contributed by atoms with Gasteiger partial charge in [-0.3, -0.25) is 4.79 Å². The van der Waals surface area contributed by atoms with E-state index in [-0.39, 0.29) is 17.4 Å². The Labute approximate surface area is 148 Å². The van der Waals surface area contributed by atoms with Crippen molar-refractivity contribution in [2.45, 2.75) is 0 Å². The molecule has 0 saturated heterocycles. The summed E-state index contributed by atoms with van der Waals surface area (Å²) in [7, 11) is 1.53. The number of rotatable bonds is 5. The van der Waals surface area contributed by atoms with Crippen LogP contribution in [0, 0.1) is 0 Å². The molecule has 0 fully saturated rings. The van der Waals surface area contributed by atoms with Crippen LogP contribution in [0.5, 0.6) is 17.2 Å². The van der Waals surface area contributed by atoms with Crippen molar-refractivity contribution in [2.75, 3.05) is 25.8 Å². The standard InChI is InChI=1S/C17H14ClNO6/c1-22-12-4-2-3-11(7-12)19-15(20)8-23-17(21)10-5-13(18)16-14(6-10)24-9-25-16/h2-7H,8-9H2,1H3,(H,19,20). The average molecular weight is 364 g/mol. The number of hydrogen-bond donors (Lipinski definition) is 1. The molecule has 0 radical (unpaired) electrons. The van der Waals surface area contributed by atoms with Gasteiger partial charge in [-0.05, 0) is 24.3 Å². The van der Waals surface area contributed by atoms with Crippen molar-refractivity contribution < 1.29 is 28.5 Å². The Kier molecular flexibility index (Phi) is 4.95. The van der Waals surface area contributed by atoms with Gasteiger partial charge < -0.3 is 24.3 Å². The summed E-state index contributed by atoms with van der Waals surface area (Å²) < 4.78 is 20.4. The lowest BCUT2D eigenvalue weighted by Crippen LogP contribution is -2.20. The second-order valence-electron chi connectivity index (χ2n) is 5.05. The van der Waals surface area contributed by atoms with Crippen LogP contribution in [0.25, 0.3) is 0 Å². The lowest BCUT2D eigenvalue weighted by Gasteiger charge is -2.08. The van der Waals surface area contributed by atoms with Gasteiger partial charge in [0.05, 0.1) is 17.7 Å². The number of anilines is 1. The highest BCUT2D eigenvalue weighted by Crippen LogP contribution is 2.39. The molecule has 8 heteroatoms. The number of esters is 1. The first-order chi connectivity index (χ1) is 12.1. The Morgan fingerprint density at radius 2 is 2.08 bits per heavy atom. The maximum absolute atomic E-state index is 12.1. The SMILES string of the molecule is COc1cccc(NC(=O)COC(=O)c2cc(Cl)c3c(c2)OCO3)c1. The minimum atomic E-state index is -0.694. The summed E-state index contributed by atoms with van der Waals surface area (Å²) in [5, 5.41) is 2.85. The predicted octanol–water partition coefficient (Wildman–Crippen LogP) is 2.87. The van der Waals surface area contributed by atoms with Gasteiger partial charge in [-0.2, -0.15) is 0 Å². The van der Waals surface area contributed by atoms with E-state index in [1.807, 2.05) is 0 Å². The van der Waals surface area contributed by atoms with E-state index >= 15 is 0 Å². The van der Waals surface area contributed by atoms with Gasteiger partial charge in [0.25, 0.3) is 5.91 Å². The third-order valence-corrected chi connectivity index (χ3v) is 3.63. The number of benzene rings is 2. The minimum absolute atomic E-state index is 0.0382. The zero-order chi connectivity index (χ0) is 17.8. The molecule has 2 aromatic rings. The molecule has 3 rings (SSSR count). The summed E-state index contributed by atoms with van der Waals surface area (Å²) in [5.74, 6) is 0.175. The van der Waals surface area contributed by atoms with E-state index < -0.39 is 18.5 Å². The van der Waals surface area contributed by atoms with Crippen LogP contribution in [0.15, 0.2) is 36.4 Å². The van der Waals surface area contributed by atoms with E-state index in [0.29, 0.717) is 22.9 Å². The van der Waals surface area contributed by atoms with E-state index in [1.54, 1.807) is 24.3 Å². The van der Waals surface area contributed by atoms with Gasteiger partial charge in [-0.25, -0.2) is 4.79 Å². The number of halogens is 1. The van der Waals surface area contributed by atoms with E-state index in [0.717, 1.165) is 0 Å². The molecule has 1 heterocycles. The third-order valence-electron chi connectivity index (χ3n) is 3.35. The Balaban J connectivity index is 1.58. The van der Waals surface area contributed by atoms with E-state index in [1.165, 1.54) is 19.2 Å². The van der Waals surface area contributed by atoms with Gasteiger partial charge in [0.1, 0.15) is 5.75 Å². The van der Waals surface area contributed by atoms with Gasteiger partial charge in [0.15, 0.2) is 18.1 Å². The van der Waals surface area contributed by atoms with Crippen LogP contribution >= 0.6 is 11.6 Å². The predicted molar refractivity (Wildman–Crippen MR) is 89.5 cm³/mol. The number of carbonyl (C=O) groups excluding carboxylic acids is 2. The molecule has 0 atom stereocenters. The number of nitrogens with one attached hydrogen (secondary N) is 1. The zero-order valence-electron chi connectivity index (χ0n) is 13.2. The number of carbonyl (C=O) groups is 2. The number of ether oxygens (including phenoxy) is 4. The quantitative estimate of drug-likeness (QED) is 0.822. The van der Waals surface area contributed by atoms with Gasteiger partial charge in [0, 0.05) is 11.8 Å². The molecule has 0 spiro atoms. The van der Waals surface area contributed by atoms with E-state index in [2.05, 4.69) is 5.32 Å². The van der Waals surface area contributed by atoms with Crippen LogP contribution in [0.1, 0.15) is 10.4 Å². The molecule has 1 aliphatic rings. The molecule has 130 valence electrons. The summed E-state index contributed by atoms with van der Waals surface area (Å²) in [6, 6.07) is 9.68. The van der Waals surface area contributed by atoms with Crippen molar-refractivity contribution in [3.8, 4) is 17.2 Å². The molecule has 1 aliphatic heterocycles. The van der Waals surface area contributed by atoms with Crippen molar-refractivity contribution in [3.63, 3.8) is 0 Å². The van der Waals surface area contributed by atoms with Gasteiger partial charge in [0.2, 0.25) is 6.79 Å². The maximum Gasteiger partial charge on any atom is 0.338 e. The van der Waals surface area contributed by atoms with E-state index in [9.17, 15) is 9.59 Å². The summed E-state index contributed by atoms with van der Waals surface area (Å²) in [4.78, 5) is 24.0. The molecule has 2 aromatic carbocycles. The molecular weight excluding hydrogens is 350 g/mol. The largest absolute Gasteiger partial charge is 0.497 e. The molecule has 7 nitrogen and oxygen atoms in total. The molecule has 0 unspecified atom stereocenters. The normalized spacial score (nSPS) is 11.8. The molecular formula is C17H14ClNO6. The topological polar surface area (TPSA) is 83.1 Å². The molecule has 0 aromatic heterocycles. The maximum atomic E-state index is 12.1. The molecule has 0 bridgehead atoms. The van der Waals surface area contributed by atoms with E-state index in [4.69, 9.17) is 30.5 Å². The van der Waals surface area contributed by atoms with Crippen molar-refractivity contribution >= 4 is 29.2 Å². The minimum Gasteiger partial charge on any atom is -0.497 e. The summed E-state index contributed by atoms with van der Waals surface area (Å²) in [5.41, 5.74) is 0.704. The van der Waals surface area contributed by atoms with Crippen molar-refractivity contribution in [1.82, 2.24) is 0 Å². The average Bonchev–Trinajstić information content (AvgIpc) is 3.09. The smallest absolute Gasteiger partial charge is 0.338 e. The highest BCUT2D eigenvalue weighted by atomic mass is 35.5. The van der Waals surface area contributed by atoms with Crippen LogP contribution < -0.4 is 19.5 Å². The number of amides is 1. The second-order valence-corrected chi connectivity index (χ2v) is 5.46. The van der Waals surface area contributed by atoms with Crippen LogP contribution in [-0.4, -0.2) is 32.4 Å². The third kappa shape index (κ3) is 3.95. The lowest BCUT2D eigenvalue weighted by atomic mass is 10.2. The van der Waals surface area contributed by atoms with Crippen LogP contribution in [-0.2, 0) is 9.53 Å². The molecule has 1 amide bonds. The van der Waals surface area contributed by atoms with Gasteiger partial charge in [-0.15, -0.1) is 0 Å². The van der Waals surface area contributed by atoms with Crippen LogP contribution in [0.4, 0.5) is 5.69 Å². The Morgan fingerprint density at radius 3 is 2.88 bits per heavy atom.